The Kier molecular flexibility index (Phi) is 4.42. The van der Waals surface area contributed by atoms with Crippen LogP contribution in [-0.4, -0.2) is 24.8 Å². The first-order chi connectivity index (χ1) is 7.25. The average Bonchev–Trinajstić information content (AvgIpc) is 2.43. The van der Waals surface area contributed by atoms with Gasteiger partial charge in [-0.1, -0.05) is 13.8 Å². The monoisotopic (exact) mass is 227 g/mol. The summed E-state index contributed by atoms with van der Waals surface area (Å²) in [4.78, 5) is 0. The van der Waals surface area contributed by atoms with Gasteiger partial charge < -0.3 is 10.1 Å². The number of hydrogen-bond donors (Lipinski definition) is 1. The maximum Gasteiger partial charge on any atom is 0.0616 e. The van der Waals surface area contributed by atoms with Crippen LogP contribution in [0, 0.1) is 11.3 Å². The van der Waals surface area contributed by atoms with Crippen LogP contribution in [0.25, 0.3) is 0 Å². The minimum absolute atomic E-state index is 0.201. The van der Waals surface area contributed by atoms with Crippen molar-refractivity contribution >= 4 is 0 Å². The molecule has 0 spiro atoms. The van der Waals surface area contributed by atoms with Gasteiger partial charge in [-0.2, -0.15) is 0 Å². The maximum absolute atomic E-state index is 5.79. The van der Waals surface area contributed by atoms with Gasteiger partial charge in [0.25, 0.3) is 0 Å². The van der Waals surface area contributed by atoms with Crippen LogP contribution in [-0.2, 0) is 4.74 Å². The van der Waals surface area contributed by atoms with Crippen LogP contribution in [0.4, 0.5) is 0 Å². The van der Waals surface area contributed by atoms with Crippen molar-refractivity contribution in [1.29, 1.82) is 0 Å². The molecule has 0 aromatic rings. The Morgan fingerprint density at radius 2 is 2.00 bits per heavy atom. The molecular weight excluding hydrogens is 198 g/mol. The lowest BCUT2D eigenvalue weighted by Crippen LogP contribution is -2.47. The Hall–Kier alpha value is -0.0800. The Morgan fingerprint density at radius 1 is 1.38 bits per heavy atom. The number of nitrogens with one attached hydrogen (secondary N) is 1. The minimum Gasteiger partial charge on any atom is -0.378 e. The lowest BCUT2D eigenvalue weighted by Gasteiger charge is -2.37. The molecule has 0 radical (unpaired) electrons. The van der Waals surface area contributed by atoms with Crippen LogP contribution in [0.5, 0.6) is 0 Å². The predicted octanol–water partition coefficient (Wildman–Crippen LogP) is 3.22. The summed E-state index contributed by atoms with van der Waals surface area (Å²) < 4.78 is 5.79. The van der Waals surface area contributed by atoms with Gasteiger partial charge in [0.15, 0.2) is 0 Å². The number of ether oxygens (including phenoxy) is 1. The van der Waals surface area contributed by atoms with Gasteiger partial charge in [0.05, 0.1) is 6.10 Å². The molecule has 0 aromatic heterocycles. The fourth-order valence-corrected chi connectivity index (χ4v) is 2.65. The largest absolute Gasteiger partial charge is 0.378 e. The second-order valence-electron chi connectivity index (χ2n) is 6.83. The standard InChI is InChI=1S/C14H29NO/c1-11(2)9-14(7-8-16-12(14)3)10-15-13(4,5)6/h11-12,15H,7-10H2,1-6H3. The normalized spacial score (nSPS) is 31.3. The van der Waals surface area contributed by atoms with E-state index in [0.717, 1.165) is 19.1 Å². The Balaban J connectivity index is 2.64. The molecule has 2 atom stereocenters. The molecular formula is C14H29NO. The van der Waals surface area contributed by atoms with E-state index < -0.39 is 0 Å². The highest BCUT2D eigenvalue weighted by molar-refractivity contribution is 4.93. The Bertz CT molecular complexity index is 219. The summed E-state index contributed by atoms with van der Waals surface area (Å²) >= 11 is 0. The SMILES string of the molecule is CC(C)CC1(CNC(C)(C)C)CCOC1C. The summed E-state index contributed by atoms with van der Waals surface area (Å²) in [7, 11) is 0. The summed E-state index contributed by atoms with van der Waals surface area (Å²) in [5.74, 6) is 0.742. The van der Waals surface area contributed by atoms with E-state index in [1.54, 1.807) is 0 Å². The molecule has 1 N–H and O–H groups in total. The highest BCUT2D eigenvalue weighted by atomic mass is 16.5. The van der Waals surface area contributed by atoms with Crippen molar-refractivity contribution in [1.82, 2.24) is 5.32 Å². The summed E-state index contributed by atoms with van der Waals surface area (Å²) in [5.41, 5.74) is 0.549. The Morgan fingerprint density at radius 3 is 2.38 bits per heavy atom. The van der Waals surface area contributed by atoms with Crippen molar-refractivity contribution in [2.45, 2.75) is 66.0 Å². The third kappa shape index (κ3) is 3.74. The van der Waals surface area contributed by atoms with Crippen molar-refractivity contribution < 1.29 is 4.74 Å². The first-order valence-corrected chi connectivity index (χ1v) is 6.62. The second-order valence-corrected chi connectivity index (χ2v) is 6.83. The molecule has 0 amide bonds. The van der Waals surface area contributed by atoms with Gasteiger partial charge in [-0.3, -0.25) is 0 Å². The van der Waals surface area contributed by atoms with Crippen molar-refractivity contribution in [3.8, 4) is 0 Å². The summed E-state index contributed by atoms with van der Waals surface area (Å²) in [6.07, 6.45) is 2.86. The number of rotatable bonds is 4. The fraction of sp³-hybridized carbons (Fsp3) is 1.00. The molecule has 2 nitrogen and oxygen atoms in total. The van der Waals surface area contributed by atoms with E-state index in [4.69, 9.17) is 4.74 Å². The van der Waals surface area contributed by atoms with Crippen LogP contribution >= 0.6 is 0 Å². The molecule has 0 bridgehead atoms. The quantitative estimate of drug-likeness (QED) is 0.796. The van der Waals surface area contributed by atoms with E-state index in [1.807, 2.05) is 0 Å². The van der Waals surface area contributed by atoms with Gasteiger partial charge in [-0.05, 0) is 46.5 Å². The molecule has 1 fully saturated rings. The van der Waals surface area contributed by atoms with E-state index in [-0.39, 0.29) is 5.54 Å². The van der Waals surface area contributed by atoms with Crippen molar-refractivity contribution in [2.75, 3.05) is 13.2 Å². The molecule has 96 valence electrons. The van der Waals surface area contributed by atoms with Gasteiger partial charge in [0.1, 0.15) is 0 Å². The third-order valence-corrected chi connectivity index (χ3v) is 3.62. The average molecular weight is 227 g/mol. The highest BCUT2D eigenvalue weighted by Crippen LogP contribution is 2.40. The highest BCUT2D eigenvalue weighted by Gasteiger charge is 2.41. The molecule has 0 saturated carbocycles. The summed E-state index contributed by atoms with van der Waals surface area (Å²) in [6, 6.07) is 0. The minimum atomic E-state index is 0.201. The van der Waals surface area contributed by atoms with Crippen molar-refractivity contribution in [3.05, 3.63) is 0 Å². The zero-order chi connectivity index (χ0) is 12.4. The van der Waals surface area contributed by atoms with Crippen LogP contribution < -0.4 is 5.32 Å². The topological polar surface area (TPSA) is 21.3 Å². The zero-order valence-corrected chi connectivity index (χ0v) is 11.9. The van der Waals surface area contributed by atoms with Gasteiger partial charge in [0.2, 0.25) is 0 Å². The van der Waals surface area contributed by atoms with Gasteiger partial charge in [-0.25, -0.2) is 0 Å². The molecule has 2 heteroatoms. The van der Waals surface area contributed by atoms with Crippen LogP contribution in [0.3, 0.4) is 0 Å². The van der Waals surface area contributed by atoms with Crippen LogP contribution in [0.15, 0.2) is 0 Å². The van der Waals surface area contributed by atoms with E-state index in [0.29, 0.717) is 11.5 Å². The van der Waals surface area contributed by atoms with Gasteiger partial charge >= 0.3 is 0 Å². The van der Waals surface area contributed by atoms with Crippen molar-refractivity contribution in [3.63, 3.8) is 0 Å². The molecule has 1 saturated heterocycles. The molecule has 16 heavy (non-hydrogen) atoms. The Labute approximate surface area is 101 Å². The maximum atomic E-state index is 5.79. The lowest BCUT2D eigenvalue weighted by molar-refractivity contribution is 0.0483. The smallest absolute Gasteiger partial charge is 0.0616 e. The molecule has 1 aliphatic heterocycles. The molecule has 1 rings (SSSR count). The first-order valence-electron chi connectivity index (χ1n) is 6.62. The van der Waals surface area contributed by atoms with Crippen LogP contribution in [0.2, 0.25) is 0 Å². The molecule has 0 aromatic carbocycles. The van der Waals surface area contributed by atoms with Crippen molar-refractivity contribution in [2.24, 2.45) is 11.3 Å². The van der Waals surface area contributed by atoms with Gasteiger partial charge in [0, 0.05) is 24.1 Å². The van der Waals surface area contributed by atoms with Gasteiger partial charge in [-0.15, -0.1) is 0 Å². The van der Waals surface area contributed by atoms with E-state index >= 15 is 0 Å². The van der Waals surface area contributed by atoms with E-state index in [1.165, 1.54) is 12.8 Å². The fourth-order valence-electron chi connectivity index (χ4n) is 2.65. The zero-order valence-electron chi connectivity index (χ0n) is 11.9. The van der Waals surface area contributed by atoms with E-state index in [2.05, 4.69) is 46.9 Å². The summed E-state index contributed by atoms with van der Waals surface area (Å²) in [6.45, 7) is 15.6. The first kappa shape index (κ1) is 14.0. The lowest BCUT2D eigenvalue weighted by atomic mass is 9.74. The third-order valence-electron chi connectivity index (χ3n) is 3.62. The summed E-state index contributed by atoms with van der Waals surface area (Å²) in [5, 5.41) is 3.66. The molecule has 0 aliphatic carbocycles. The predicted molar refractivity (Wildman–Crippen MR) is 69.7 cm³/mol. The molecule has 1 aliphatic rings. The number of hydrogen-bond acceptors (Lipinski definition) is 2. The molecule has 2 unspecified atom stereocenters. The molecule has 1 heterocycles. The van der Waals surface area contributed by atoms with Crippen LogP contribution in [0.1, 0.15) is 54.4 Å². The second kappa shape index (κ2) is 5.05. The van der Waals surface area contributed by atoms with E-state index in [9.17, 15) is 0 Å².